The molecule has 3 saturated carbocycles. The highest BCUT2D eigenvalue weighted by atomic mass is 16.7. The average Bonchev–Trinajstić information content (AvgIpc) is 3.35. The molecule has 1 spiro atoms. The molecule has 0 aromatic carbocycles. The van der Waals surface area contributed by atoms with Crippen LogP contribution in [0.2, 0.25) is 0 Å². The molecule has 5 rings (SSSR count). The Hall–Kier alpha value is -0.980. The van der Waals surface area contributed by atoms with Gasteiger partial charge in [0.05, 0.1) is 18.8 Å². The van der Waals surface area contributed by atoms with E-state index < -0.39 is 11.9 Å². The molecule has 4 aliphatic carbocycles. The molecule has 6 atom stereocenters. The van der Waals surface area contributed by atoms with E-state index in [1.807, 2.05) is 13.8 Å². The number of hydrogen-bond acceptors (Lipinski definition) is 5. The smallest absolute Gasteiger partial charge is 0.182 e. The third-order valence-corrected chi connectivity index (χ3v) is 9.76. The summed E-state index contributed by atoms with van der Waals surface area (Å²) in [6, 6.07) is 0. The van der Waals surface area contributed by atoms with Gasteiger partial charge in [0.2, 0.25) is 0 Å². The van der Waals surface area contributed by atoms with Crippen LogP contribution in [0.3, 0.4) is 0 Å². The molecule has 0 radical (unpaired) electrons. The monoisotopic (exact) mass is 458 g/mol. The lowest BCUT2D eigenvalue weighted by molar-refractivity contribution is -0.176. The maximum absolute atomic E-state index is 12.2. The Balaban J connectivity index is 1.41. The minimum Gasteiger partial charge on any atom is -0.385 e. The zero-order valence-corrected chi connectivity index (χ0v) is 20.7. The van der Waals surface area contributed by atoms with E-state index in [-0.39, 0.29) is 11.2 Å². The van der Waals surface area contributed by atoms with E-state index in [9.17, 15) is 5.11 Å². The van der Waals surface area contributed by atoms with Crippen LogP contribution in [0.4, 0.5) is 0 Å². The first-order valence-corrected chi connectivity index (χ1v) is 13.1. The second kappa shape index (κ2) is 8.60. The van der Waals surface area contributed by atoms with Crippen LogP contribution in [0.5, 0.6) is 0 Å². The van der Waals surface area contributed by atoms with Gasteiger partial charge in [0, 0.05) is 37.0 Å². The summed E-state index contributed by atoms with van der Waals surface area (Å²) in [5.74, 6) is 1.61. The molecule has 33 heavy (non-hydrogen) atoms. The molecule has 5 aliphatic rings. The van der Waals surface area contributed by atoms with Crippen LogP contribution in [0.1, 0.15) is 65.7 Å². The van der Waals surface area contributed by atoms with Crippen molar-refractivity contribution in [2.24, 2.45) is 29.1 Å². The highest BCUT2D eigenvalue weighted by Gasteiger charge is 2.65. The summed E-state index contributed by atoms with van der Waals surface area (Å²) in [6.07, 6.45) is 8.50. The predicted molar refractivity (Wildman–Crippen MR) is 127 cm³/mol. The van der Waals surface area contributed by atoms with Gasteiger partial charge in [0.25, 0.3) is 0 Å². The van der Waals surface area contributed by atoms with Crippen molar-refractivity contribution in [2.75, 3.05) is 26.4 Å². The minimum absolute atomic E-state index is 0.298. The molecule has 5 nitrogen and oxygen atoms in total. The van der Waals surface area contributed by atoms with Crippen LogP contribution in [-0.4, -0.2) is 49.2 Å². The maximum atomic E-state index is 12.2. The van der Waals surface area contributed by atoms with Gasteiger partial charge in [-0.15, -0.1) is 0 Å². The number of hydrogen-bond donors (Lipinski definition) is 1. The van der Waals surface area contributed by atoms with Crippen LogP contribution in [-0.2, 0) is 18.9 Å². The van der Waals surface area contributed by atoms with E-state index in [0.29, 0.717) is 62.1 Å². The van der Waals surface area contributed by atoms with Crippen molar-refractivity contribution in [3.63, 3.8) is 0 Å². The summed E-state index contributed by atoms with van der Waals surface area (Å²) in [5.41, 5.74) is 2.20. The van der Waals surface area contributed by atoms with E-state index >= 15 is 0 Å². The molecule has 184 valence electrons. The summed E-state index contributed by atoms with van der Waals surface area (Å²) in [4.78, 5) is 0. The van der Waals surface area contributed by atoms with Crippen molar-refractivity contribution in [2.45, 2.75) is 83.4 Å². The molecule has 1 aliphatic heterocycles. The Bertz CT molecular complexity index is 820. The van der Waals surface area contributed by atoms with E-state index in [1.54, 1.807) is 0 Å². The second-order valence-electron chi connectivity index (χ2n) is 11.2. The van der Waals surface area contributed by atoms with Gasteiger partial charge in [-0.25, -0.2) is 0 Å². The normalized spacial score (nSPS) is 41.6. The predicted octanol–water partition coefficient (Wildman–Crippen LogP) is 5.15. The lowest BCUT2D eigenvalue weighted by atomic mass is 9.49. The fourth-order valence-corrected chi connectivity index (χ4v) is 8.31. The summed E-state index contributed by atoms with van der Waals surface area (Å²) in [7, 11) is 0. The molecule has 1 heterocycles. The van der Waals surface area contributed by atoms with E-state index in [4.69, 9.17) is 18.9 Å². The van der Waals surface area contributed by atoms with E-state index in [0.717, 1.165) is 38.5 Å². The van der Waals surface area contributed by atoms with Crippen LogP contribution < -0.4 is 0 Å². The van der Waals surface area contributed by atoms with Crippen LogP contribution in [0, 0.1) is 29.1 Å². The Kier molecular flexibility index (Phi) is 6.19. The number of fused-ring (bicyclic) bond motifs is 5. The number of allylic oxidation sites excluding steroid dienone is 2. The van der Waals surface area contributed by atoms with Crippen LogP contribution >= 0.6 is 0 Å². The van der Waals surface area contributed by atoms with Crippen molar-refractivity contribution in [1.82, 2.24) is 0 Å². The molecule has 4 fully saturated rings. The third kappa shape index (κ3) is 3.53. The first-order valence-electron chi connectivity index (χ1n) is 13.1. The molecule has 0 unspecified atom stereocenters. The van der Waals surface area contributed by atoms with Gasteiger partial charge in [0.15, 0.2) is 12.1 Å². The molecule has 1 saturated heterocycles. The average molecular weight is 459 g/mol. The number of rotatable bonds is 6. The quantitative estimate of drug-likeness (QED) is 0.440. The first-order chi connectivity index (χ1) is 15.8. The lowest BCUT2D eigenvalue weighted by Crippen LogP contribution is -2.55. The Morgan fingerprint density at radius 2 is 1.85 bits per heavy atom. The standard InChI is InChI=1S/C28H42O5/c1-6-30-25(31-7-2)19(4)28(29)13-11-23-22-9-8-20-17-27(32-14-15-33-27)12-10-21(20)24(22)18(3)16-26(23,28)5/h8,21-25,29H,3-4,6-7,9-17H2,1-2,5H3/t21-,22-,23-,24+,26-,28+/m0/s1. The summed E-state index contributed by atoms with van der Waals surface area (Å²) < 4.78 is 23.8. The zero-order chi connectivity index (χ0) is 23.4. The molecule has 0 aromatic rings. The molecule has 0 bridgehead atoms. The Morgan fingerprint density at radius 1 is 1.15 bits per heavy atom. The van der Waals surface area contributed by atoms with Crippen molar-refractivity contribution in [3.05, 3.63) is 36.0 Å². The third-order valence-electron chi connectivity index (χ3n) is 9.76. The van der Waals surface area contributed by atoms with E-state index in [2.05, 4.69) is 26.2 Å². The van der Waals surface area contributed by atoms with Gasteiger partial charge >= 0.3 is 0 Å². The van der Waals surface area contributed by atoms with Gasteiger partial charge in [-0.2, -0.15) is 0 Å². The van der Waals surface area contributed by atoms with E-state index in [1.165, 1.54) is 11.1 Å². The largest absolute Gasteiger partial charge is 0.385 e. The topological polar surface area (TPSA) is 57.2 Å². The van der Waals surface area contributed by atoms with Gasteiger partial charge in [-0.3, -0.25) is 0 Å². The lowest BCUT2D eigenvalue weighted by Gasteiger charge is -2.57. The fourth-order valence-electron chi connectivity index (χ4n) is 8.31. The van der Waals surface area contributed by atoms with Gasteiger partial charge in [-0.1, -0.05) is 37.3 Å². The number of aliphatic hydroxyl groups is 1. The van der Waals surface area contributed by atoms with Crippen molar-refractivity contribution in [3.8, 4) is 0 Å². The van der Waals surface area contributed by atoms with Gasteiger partial charge < -0.3 is 24.1 Å². The summed E-state index contributed by atoms with van der Waals surface area (Å²) in [6.45, 7) is 17.6. The summed E-state index contributed by atoms with van der Waals surface area (Å²) in [5, 5.41) is 12.2. The zero-order valence-electron chi connectivity index (χ0n) is 20.7. The fraction of sp³-hybridized carbons (Fsp3) is 0.786. The molecule has 0 aromatic heterocycles. The Labute approximate surface area is 199 Å². The van der Waals surface area contributed by atoms with Crippen molar-refractivity contribution >= 4 is 0 Å². The molecule has 1 N–H and O–H groups in total. The second-order valence-corrected chi connectivity index (χ2v) is 11.2. The van der Waals surface area contributed by atoms with Crippen LogP contribution in [0.15, 0.2) is 36.0 Å². The highest BCUT2D eigenvalue weighted by Crippen LogP contribution is 2.67. The first kappa shape index (κ1) is 23.7. The minimum atomic E-state index is -1.01. The maximum Gasteiger partial charge on any atom is 0.182 e. The Morgan fingerprint density at radius 3 is 2.52 bits per heavy atom. The van der Waals surface area contributed by atoms with Crippen molar-refractivity contribution in [1.29, 1.82) is 0 Å². The molecular formula is C28H42O5. The SMILES string of the molecule is C=C1C[C@@]2(C)[C@@H](CC[C@@]2(O)C(=C)C(OCC)OCC)[C@@H]2CC=C3CC4(CC[C@@H]3[C@@H]12)OCCO4. The molecular weight excluding hydrogens is 416 g/mol. The molecule has 0 amide bonds. The summed E-state index contributed by atoms with van der Waals surface area (Å²) >= 11 is 0. The van der Waals surface area contributed by atoms with Crippen molar-refractivity contribution < 1.29 is 24.1 Å². The molecule has 5 heteroatoms. The van der Waals surface area contributed by atoms with Gasteiger partial charge in [-0.05, 0) is 69.6 Å². The number of ether oxygens (including phenoxy) is 4. The van der Waals surface area contributed by atoms with Crippen LogP contribution in [0.25, 0.3) is 0 Å². The highest BCUT2D eigenvalue weighted by molar-refractivity contribution is 5.34. The van der Waals surface area contributed by atoms with Gasteiger partial charge in [0.1, 0.15) is 0 Å².